The van der Waals surface area contributed by atoms with Gasteiger partial charge in [0.1, 0.15) is 17.5 Å². The van der Waals surface area contributed by atoms with Gasteiger partial charge in [0.05, 0.1) is 10.7 Å². The maximum atomic E-state index is 6.23. The van der Waals surface area contributed by atoms with Crippen LogP contribution >= 0.6 is 27.5 Å². The highest BCUT2D eigenvalue weighted by Crippen LogP contribution is 2.30. The van der Waals surface area contributed by atoms with Crippen LogP contribution in [0.3, 0.4) is 0 Å². The van der Waals surface area contributed by atoms with E-state index >= 15 is 0 Å². The smallest absolute Gasteiger partial charge is 0.139 e. The first kappa shape index (κ1) is 16.0. The van der Waals surface area contributed by atoms with Gasteiger partial charge in [0, 0.05) is 23.5 Å². The third-order valence-electron chi connectivity index (χ3n) is 3.08. The van der Waals surface area contributed by atoms with Crippen molar-refractivity contribution in [3.05, 3.63) is 39.1 Å². The molecule has 0 bridgehead atoms. The van der Waals surface area contributed by atoms with Crippen molar-refractivity contribution in [2.24, 2.45) is 0 Å². The summed E-state index contributed by atoms with van der Waals surface area (Å²) in [5.41, 5.74) is 1.78. The zero-order chi connectivity index (χ0) is 15.4. The zero-order valence-corrected chi connectivity index (χ0v) is 14.6. The fraction of sp³-hybridized carbons (Fsp3) is 0.333. The molecule has 4 nitrogen and oxygen atoms in total. The predicted molar refractivity (Wildman–Crippen MR) is 92.7 cm³/mol. The largest absolute Gasteiger partial charge is 0.373 e. The summed E-state index contributed by atoms with van der Waals surface area (Å²) in [6.45, 7) is 4.09. The van der Waals surface area contributed by atoms with Crippen molar-refractivity contribution >= 4 is 44.9 Å². The van der Waals surface area contributed by atoms with E-state index in [0.717, 1.165) is 46.0 Å². The highest BCUT2D eigenvalue weighted by molar-refractivity contribution is 9.10. The van der Waals surface area contributed by atoms with Crippen molar-refractivity contribution in [2.45, 2.75) is 26.7 Å². The van der Waals surface area contributed by atoms with E-state index in [0.29, 0.717) is 5.02 Å². The minimum absolute atomic E-state index is 0.652. The summed E-state index contributed by atoms with van der Waals surface area (Å²) in [7, 11) is 1.86. The fourth-order valence-corrected chi connectivity index (χ4v) is 2.51. The molecule has 0 unspecified atom stereocenters. The van der Waals surface area contributed by atoms with Gasteiger partial charge in [-0.05, 0) is 31.5 Å². The molecule has 0 spiro atoms. The first-order valence-corrected chi connectivity index (χ1v) is 7.99. The molecule has 2 aromatic rings. The lowest BCUT2D eigenvalue weighted by Crippen LogP contribution is -2.07. The Balaban J connectivity index is 2.42. The van der Waals surface area contributed by atoms with Crippen molar-refractivity contribution < 1.29 is 0 Å². The van der Waals surface area contributed by atoms with Gasteiger partial charge in [0.25, 0.3) is 0 Å². The van der Waals surface area contributed by atoms with E-state index in [9.17, 15) is 0 Å². The molecule has 0 aliphatic carbocycles. The van der Waals surface area contributed by atoms with Gasteiger partial charge in [0.15, 0.2) is 0 Å². The molecule has 0 radical (unpaired) electrons. The lowest BCUT2D eigenvalue weighted by Gasteiger charge is -2.14. The molecule has 0 saturated heterocycles. The summed E-state index contributed by atoms with van der Waals surface area (Å²) in [6, 6.07) is 5.68. The van der Waals surface area contributed by atoms with Gasteiger partial charge in [-0.2, -0.15) is 0 Å². The van der Waals surface area contributed by atoms with Crippen molar-refractivity contribution in [1.82, 2.24) is 9.97 Å². The van der Waals surface area contributed by atoms with Crippen LogP contribution in [0.5, 0.6) is 0 Å². The van der Waals surface area contributed by atoms with Crippen LogP contribution in [0.15, 0.2) is 22.7 Å². The third kappa shape index (κ3) is 3.86. The minimum Gasteiger partial charge on any atom is -0.373 e. The number of anilines is 3. The molecule has 0 aliphatic heterocycles. The summed E-state index contributed by atoms with van der Waals surface area (Å²) >= 11 is 9.68. The fourth-order valence-electron chi connectivity index (χ4n) is 1.98. The number of halogens is 2. The topological polar surface area (TPSA) is 49.8 Å². The quantitative estimate of drug-likeness (QED) is 0.784. The third-order valence-corrected chi connectivity index (χ3v) is 3.91. The molecule has 2 N–H and O–H groups in total. The lowest BCUT2D eigenvalue weighted by molar-refractivity contribution is 0.835. The van der Waals surface area contributed by atoms with Gasteiger partial charge in [0.2, 0.25) is 0 Å². The molecule has 0 fully saturated rings. The van der Waals surface area contributed by atoms with Crippen LogP contribution in [0, 0.1) is 6.92 Å². The normalized spacial score (nSPS) is 10.5. The Morgan fingerprint density at radius 3 is 2.62 bits per heavy atom. The number of benzene rings is 1. The Kier molecular flexibility index (Phi) is 5.42. The van der Waals surface area contributed by atoms with E-state index in [-0.39, 0.29) is 0 Å². The SMILES string of the molecule is CCCc1nc(NC)c(C)c(Nc2cc(Br)ccc2Cl)n1. The Morgan fingerprint density at radius 2 is 1.95 bits per heavy atom. The molecule has 0 aliphatic rings. The van der Waals surface area contributed by atoms with Crippen LogP contribution < -0.4 is 10.6 Å². The molecule has 0 atom stereocenters. The van der Waals surface area contributed by atoms with E-state index in [1.54, 1.807) is 0 Å². The molecule has 1 heterocycles. The van der Waals surface area contributed by atoms with Crippen LogP contribution in [-0.2, 0) is 6.42 Å². The Labute approximate surface area is 138 Å². The van der Waals surface area contributed by atoms with Crippen LogP contribution in [0.1, 0.15) is 24.7 Å². The highest BCUT2D eigenvalue weighted by Gasteiger charge is 2.11. The molecule has 0 saturated carbocycles. The van der Waals surface area contributed by atoms with Gasteiger partial charge < -0.3 is 10.6 Å². The van der Waals surface area contributed by atoms with Crippen molar-refractivity contribution in [1.29, 1.82) is 0 Å². The van der Waals surface area contributed by atoms with E-state index in [1.165, 1.54) is 0 Å². The lowest BCUT2D eigenvalue weighted by atomic mass is 10.2. The summed E-state index contributed by atoms with van der Waals surface area (Å²) < 4.78 is 0.962. The van der Waals surface area contributed by atoms with Crippen molar-refractivity contribution in [3.63, 3.8) is 0 Å². The second kappa shape index (κ2) is 7.09. The standard InChI is InChI=1S/C15H18BrClN4/c1-4-5-13-20-14(18-3)9(2)15(21-13)19-12-8-10(16)6-7-11(12)17/h6-8H,4-5H2,1-3H3,(H2,18,19,20,21). The summed E-state index contributed by atoms with van der Waals surface area (Å²) in [5.74, 6) is 2.43. The highest BCUT2D eigenvalue weighted by atomic mass is 79.9. The van der Waals surface area contributed by atoms with Gasteiger partial charge in [-0.15, -0.1) is 0 Å². The minimum atomic E-state index is 0.652. The number of nitrogens with zero attached hydrogens (tertiary/aromatic N) is 2. The van der Waals surface area contributed by atoms with E-state index in [2.05, 4.69) is 43.5 Å². The molecule has 2 rings (SSSR count). The summed E-state index contributed by atoms with van der Waals surface area (Å²) in [5, 5.41) is 7.07. The van der Waals surface area contributed by atoms with Crippen molar-refractivity contribution in [2.75, 3.05) is 17.7 Å². The summed E-state index contributed by atoms with van der Waals surface area (Å²) in [4.78, 5) is 9.12. The molecule has 112 valence electrons. The Morgan fingerprint density at radius 1 is 1.24 bits per heavy atom. The molecular weight excluding hydrogens is 352 g/mol. The predicted octanol–water partition coefficient (Wildman–Crippen LogP) is 4.94. The number of hydrogen-bond donors (Lipinski definition) is 2. The summed E-state index contributed by atoms with van der Waals surface area (Å²) in [6.07, 6.45) is 1.85. The van der Waals surface area contributed by atoms with Gasteiger partial charge in [-0.25, -0.2) is 9.97 Å². The van der Waals surface area contributed by atoms with Crippen molar-refractivity contribution in [3.8, 4) is 0 Å². The van der Waals surface area contributed by atoms with Gasteiger partial charge in [-0.3, -0.25) is 0 Å². The van der Waals surface area contributed by atoms with Gasteiger partial charge >= 0.3 is 0 Å². The average Bonchev–Trinajstić information content (AvgIpc) is 2.46. The molecule has 6 heteroatoms. The molecule has 0 amide bonds. The number of nitrogens with one attached hydrogen (secondary N) is 2. The number of rotatable bonds is 5. The number of aryl methyl sites for hydroxylation is 1. The zero-order valence-electron chi connectivity index (χ0n) is 12.3. The molecule has 1 aromatic carbocycles. The van der Waals surface area contributed by atoms with Gasteiger partial charge in [-0.1, -0.05) is 34.5 Å². The molecular formula is C15H18BrClN4. The molecule has 21 heavy (non-hydrogen) atoms. The van der Waals surface area contributed by atoms with E-state index in [1.807, 2.05) is 32.2 Å². The van der Waals surface area contributed by atoms with Crippen LogP contribution in [-0.4, -0.2) is 17.0 Å². The van der Waals surface area contributed by atoms with E-state index in [4.69, 9.17) is 11.6 Å². The van der Waals surface area contributed by atoms with E-state index < -0.39 is 0 Å². The first-order chi connectivity index (χ1) is 10.0. The maximum Gasteiger partial charge on any atom is 0.139 e. The second-order valence-corrected chi connectivity index (χ2v) is 6.03. The Bertz CT molecular complexity index is 646. The Hall–Kier alpha value is -1.33. The van der Waals surface area contributed by atoms with Crippen LogP contribution in [0.25, 0.3) is 0 Å². The average molecular weight is 370 g/mol. The van der Waals surface area contributed by atoms with Crippen LogP contribution in [0.2, 0.25) is 5.02 Å². The molecule has 1 aromatic heterocycles. The monoisotopic (exact) mass is 368 g/mol. The number of hydrogen-bond acceptors (Lipinski definition) is 4. The number of aromatic nitrogens is 2. The first-order valence-electron chi connectivity index (χ1n) is 6.82. The second-order valence-electron chi connectivity index (χ2n) is 4.71. The van der Waals surface area contributed by atoms with Crippen LogP contribution in [0.4, 0.5) is 17.3 Å². The maximum absolute atomic E-state index is 6.23.